The fraction of sp³-hybridized carbons (Fsp3) is 0.304. The van der Waals surface area contributed by atoms with E-state index in [2.05, 4.69) is 25.6 Å². The van der Waals surface area contributed by atoms with Crippen LogP contribution in [-0.4, -0.2) is 40.1 Å². The lowest BCUT2D eigenvalue weighted by Gasteiger charge is -2.19. The minimum Gasteiger partial charge on any atom is -0.473 e. The number of hydrogen-bond acceptors (Lipinski definition) is 7. The maximum atomic E-state index is 14.4. The number of nitrogens with zero attached hydrogens (tertiary/aromatic N) is 3. The van der Waals surface area contributed by atoms with Crippen LogP contribution in [0.4, 0.5) is 33.3 Å². The van der Waals surface area contributed by atoms with Gasteiger partial charge in [-0.15, -0.1) is 0 Å². The molecular weight excluding hydrogens is 487 g/mol. The molecule has 190 valence electrons. The van der Waals surface area contributed by atoms with Gasteiger partial charge in [0.1, 0.15) is 29.8 Å². The molecule has 1 atom stereocenters. The highest BCUT2D eigenvalue weighted by molar-refractivity contribution is 6.07. The Labute approximate surface area is 202 Å². The van der Waals surface area contributed by atoms with Gasteiger partial charge in [-0.2, -0.15) is 18.2 Å². The van der Waals surface area contributed by atoms with Gasteiger partial charge in [0.15, 0.2) is 5.69 Å². The van der Waals surface area contributed by atoms with Crippen LogP contribution in [0.15, 0.2) is 36.8 Å². The Balaban J connectivity index is 1.70. The number of carbonyl (C=O) groups is 1. The second-order valence-electron chi connectivity index (χ2n) is 8.03. The van der Waals surface area contributed by atoms with Crippen molar-refractivity contribution in [2.75, 3.05) is 24.1 Å². The van der Waals surface area contributed by atoms with Crippen LogP contribution < -0.4 is 21.1 Å². The van der Waals surface area contributed by atoms with Crippen LogP contribution in [0.5, 0.6) is 5.88 Å². The number of halogens is 5. The maximum absolute atomic E-state index is 14.4. The summed E-state index contributed by atoms with van der Waals surface area (Å²) in [4.78, 5) is 24.5. The first-order chi connectivity index (χ1) is 17.1. The standard InChI is InChI=1S/C23H21F5N6O2/c24-14-4-1-5-15(25)18(14)19-13(23(26,27)28)9-16(29)20(34-19)21(35)33-17-10-31-11-32-22(17)36-12-3-2-7-30-8-6-12/h1,4-5,9-12,30H,2-3,6-8,29H2,(H,33,35). The van der Waals surface area contributed by atoms with E-state index in [-0.39, 0.29) is 17.7 Å². The highest BCUT2D eigenvalue weighted by Gasteiger charge is 2.37. The van der Waals surface area contributed by atoms with E-state index in [9.17, 15) is 26.7 Å². The molecule has 0 saturated carbocycles. The third-order valence-electron chi connectivity index (χ3n) is 5.50. The van der Waals surface area contributed by atoms with Crippen molar-refractivity contribution in [1.29, 1.82) is 0 Å². The first-order valence-electron chi connectivity index (χ1n) is 11.0. The van der Waals surface area contributed by atoms with Gasteiger partial charge in [-0.05, 0) is 50.6 Å². The number of ether oxygens (including phenoxy) is 1. The molecule has 1 saturated heterocycles. The molecule has 3 heterocycles. The average molecular weight is 508 g/mol. The topological polar surface area (TPSA) is 115 Å². The van der Waals surface area contributed by atoms with Gasteiger partial charge in [-0.1, -0.05) is 6.07 Å². The second kappa shape index (κ2) is 10.4. The molecular formula is C23H21F5N6O2. The number of pyridine rings is 1. The number of nitrogens with one attached hydrogen (secondary N) is 2. The zero-order valence-electron chi connectivity index (χ0n) is 18.7. The van der Waals surface area contributed by atoms with Gasteiger partial charge >= 0.3 is 6.18 Å². The van der Waals surface area contributed by atoms with E-state index in [0.29, 0.717) is 12.5 Å². The summed E-state index contributed by atoms with van der Waals surface area (Å²) >= 11 is 0. The highest BCUT2D eigenvalue weighted by Crippen LogP contribution is 2.39. The number of nitrogen functional groups attached to an aromatic ring is 1. The molecule has 4 N–H and O–H groups in total. The number of alkyl halides is 3. The summed E-state index contributed by atoms with van der Waals surface area (Å²) in [5, 5.41) is 5.66. The van der Waals surface area contributed by atoms with Crippen molar-refractivity contribution in [3.05, 3.63) is 59.7 Å². The molecule has 13 heteroatoms. The number of hydrogen-bond donors (Lipinski definition) is 3. The Bertz CT molecular complexity index is 1240. The number of anilines is 2. The SMILES string of the molecule is Nc1cc(C(F)(F)F)c(-c2c(F)cccc2F)nc1C(=O)Nc1cncnc1OC1CCCNCC1. The molecule has 1 aliphatic heterocycles. The number of aromatic nitrogens is 3. The van der Waals surface area contributed by atoms with Gasteiger partial charge in [-0.3, -0.25) is 4.79 Å². The lowest BCUT2D eigenvalue weighted by Crippen LogP contribution is -2.22. The molecule has 4 rings (SSSR count). The van der Waals surface area contributed by atoms with Gasteiger partial charge in [-0.25, -0.2) is 18.7 Å². The molecule has 2 aromatic heterocycles. The lowest BCUT2D eigenvalue weighted by atomic mass is 10.0. The Morgan fingerprint density at radius 3 is 2.64 bits per heavy atom. The van der Waals surface area contributed by atoms with E-state index in [0.717, 1.165) is 44.1 Å². The number of amides is 1. The quantitative estimate of drug-likeness (QED) is 0.443. The molecule has 1 aromatic carbocycles. The first-order valence-corrected chi connectivity index (χ1v) is 11.0. The molecule has 0 aliphatic carbocycles. The van der Waals surface area contributed by atoms with Crippen LogP contribution in [-0.2, 0) is 6.18 Å². The molecule has 3 aromatic rings. The van der Waals surface area contributed by atoms with Crippen LogP contribution >= 0.6 is 0 Å². The molecule has 1 amide bonds. The predicted molar refractivity (Wildman–Crippen MR) is 120 cm³/mol. The zero-order chi connectivity index (χ0) is 25.9. The molecule has 1 fully saturated rings. The highest BCUT2D eigenvalue weighted by atomic mass is 19.4. The smallest absolute Gasteiger partial charge is 0.418 e. The lowest BCUT2D eigenvalue weighted by molar-refractivity contribution is -0.137. The van der Waals surface area contributed by atoms with Crippen LogP contribution in [0.1, 0.15) is 35.3 Å². The summed E-state index contributed by atoms with van der Waals surface area (Å²) < 4.78 is 75.7. The van der Waals surface area contributed by atoms with Crippen LogP contribution in [0.25, 0.3) is 11.3 Å². The summed E-state index contributed by atoms with van der Waals surface area (Å²) in [6, 6.07) is 2.97. The van der Waals surface area contributed by atoms with E-state index in [1.54, 1.807) is 0 Å². The third-order valence-corrected chi connectivity index (χ3v) is 5.50. The Morgan fingerprint density at radius 1 is 1.17 bits per heavy atom. The normalized spacial score (nSPS) is 16.3. The molecule has 0 spiro atoms. The Morgan fingerprint density at radius 2 is 1.92 bits per heavy atom. The van der Waals surface area contributed by atoms with E-state index < -0.39 is 51.9 Å². The molecule has 0 radical (unpaired) electrons. The van der Waals surface area contributed by atoms with Crippen LogP contribution in [0.3, 0.4) is 0 Å². The Kier molecular flexibility index (Phi) is 7.29. The summed E-state index contributed by atoms with van der Waals surface area (Å²) in [6.45, 7) is 1.58. The van der Waals surface area contributed by atoms with Crippen LogP contribution in [0, 0.1) is 11.6 Å². The minimum absolute atomic E-state index is 0.0272. The molecule has 36 heavy (non-hydrogen) atoms. The van der Waals surface area contributed by atoms with Crippen molar-refractivity contribution in [2.45, 2.75) is 31.5 Å². The van der Waals surface area contributed by atoms with E-state index >= 15 is 0 Å². The summed E-state index contributed by atoms with van der Waals surface area (Å²) in [5.74, 6) is -3.55. The van der Waals surface area contributed by atoms with Gasteiger partial charge in [0, 0.05) is 0 Å². The van der Waals surface area contributed by atoms with E-state index in [4.69, 9.17) is 10.5 Å². The first kappa shape index (κ1) is 25.2. The fourth-order valence-corrected chi connectivity index (χ4v) is 3.78. The van der Waals surface area contributed by atoms with Crippen molar-refractivity contribution in [3.8, 4) is 17.1 Å². The van der Waals surface area contributed by atoms with Crippen molar-refractivity contribution in [1.82, 2.24) is 20.3 Å². The number of rotatable bonds is 5. The third kappa shape index (κ3) is 5.51. The van der Waals surface area contributed by atoms with Gasteiger partial charge in [0.2, 0.25) is 5.88 Å². The molecule has 8 nitrogen and oxygen atoms in total. The predicted octanol–water partition coefficient (Wildman–Crippen LogP) is 4.19. The second-order valence-corrected chi connectivity index (χ2v) is 8.03. The number of benzene rings is 1. The number of nitrogens with two attached hydrogens (primary N) is 1. The monoisotopic (exact) mass is 508 g/mol. The Hall–Kier alpha value is -3.87. The summed E-state index contributed by atoms with van der Waals surface area (Å²) in [5.41, 5.74) is 0.799. The van der Waals surface area contributed by atoms with Crippen LogP contribution in [0.2, 0.25) is 0 Å². The summed E-state index contributed by atoms with van der Waals surface area (Å²) in [7, 11) is 0. The average Bonchev–Trinajstić information content (AvgIpc) is 3.09. The van der Waals surface area contributed by atoms with Crippen molar-refractivity contribution in [3.63, 3.8) is 0 Å². The van der Waals surface area contributed by atoms with Crippen molar-refractivity contribution < 1.29 is 31.5 Å². The van der Waals surface area contributed by atoms with Gasteiger partial charge in [0.25, 0.3) is 5.91 Å². The van der Waals surface area contributed by atoms with Gasteiger partial charge < -0.3 is 21.1 Å². The molecule has 1 unspecified atom stereocenters. The maximum Gasteiger partial charge on any atom is 0.418 e. The van der Waals surface area contributed by atoms with Crippen molar-refractivity contribution in [2.24, 2.45) is 0 Å². The van der Waals surface area contributed by atoms with E-state index in [1.807, 2.05) is 0 Å². The summed E-state index contributed by atoms with van der Waals surface area (Å²) in [6.07, 6.45) is -0.467. The van der Waals surface area contributed by atoms with Crippen molar-refractivity contribution >= 4 is 17.3 Å². The largest absolute Gasteiger partial charge is 0.473 e. The molecule has 0 bridgehead atoms. The molecule has 1 aliphatic rings. The number of carbonyl (C=O) groups excluding carboxylic acids is 1. The fourth-order valence-electron chi connectivity index (χ4n) is 3.78. The minimum atomic E-state index is -5.05. The van der Waals surface area contributed by atoms with Gasteiger partial charge in [0.05, 0.1) is 28.7 Å². The zero-order valence-corrected chi connectivity index (χ0v) is 18.7. The van der Waals surface area contributed by atoms with E-state index in [1.165, 1.54) is 12.5 Å².